The third-order valence-electron chi connectivity index (χ3n) is 5.79. The Morgan fingerprint density at radius 3 is 2.75 bits per heavy atom. The first-order chi connectivity index (χ1) is 13.7. The number of carbonyl (C=O) groups excluding carboxylic acids is 1. The van der Waals surface area contributed by atoms with Crippen LogP contribution in [0, 0.1) is 12.8 Å². The van der Waals surface area contributed by atoms with Crippen molar-refractivity contribution in [2.45, 2.75) is 45.3 Å². The fourth-order valence-corrected chi connectivity index (χ4v) is 4.02. The molecule has 1 amide bonds. The topological polar surface area (TPSA) is 60.5 Å². The molecule has 0 bridgehead atoms. The molecule has 0 spiro atoms. The summed E-state index contributed by atoms with van der Waals surface area (Å²) in [5, 5.41) is 1.18. The van der Waals surface area contributed by atoms with Gasteiger partial charge in [0.25, 0.3) is 5.91 Å². The van der Waals surface area contributed by atoms with Gasteiger partial charge in [-0.15, -0.1) is 0 Å². The molecule has 28 heavy (non-hydrogen) atoms. The fourth-order valence-electron chi connectivity index (χ4n) is 4.02. The van der Waals surface area contributed by atoms with E-state index in [4.69, 9.17) is 9.15 Å². The van der Waals surface area contributed by atoms with Crippen molar-refractivity contribution in [3.05, 3.63) is 48.3 Å². The maximum atomic E-state index is 12.5. The van der Waals surface area contributed by atoms with Gasteiger partial charge < -0.3 is 18.6 Å². The monoisotopic (exact) mass is 379 g/mol. The second-order valence-electron chi connectivity index (χ2n) is 7.96. The number of oxazole rings is 1. The second kappa shape index (κ2) is 7.00. The Labute approximate surface area is 164 Å². The van der Waals surface area contributed by atoms with Crippen LogP contribution in [0.1, 0.15) is 42.1 Å². The predicted molar refractivity (Wildman–Crippen MR) is 105 cm³/mol. The van der Waals surface area contributed by atoms with Gasteiger partial charge in [0.2, 0.25) is 0 Å². The first-order valence-corrected chi connectivity index (χ1v) is 10.1. The van der Waals surface area contributed by atoms with Crippen molar-refractivity contribution in [1.82, 2.24) is 14.5 Å². The molecule has 2 aliphatic rings. The van der Waals surface area contributed by atoms with E-state index in [0.717, 1.165) is 31.1 Å². The Morgan fingerprint density at radius 2 is 2.04 bits per heavy atom. The summed E-state index contributed by atoms with van der Waals surface area (Å²) in [6, 6.07) is 8.47. The molecule has 6 heteroatoms. The van der Waals surface area contributed by atoms with Gasteiger partial charge >= 0.3 is 0 Å². The normalized spacial score (nSPS) is 18.0. The van der Waals surface area contributed by atoms with Crippen molar-refractivity contribution in [1.29, 1.82) is 0 Å². The molecule has 0 N–H and O–H groups in total. The van der Waals surface area contributed by atoms with Crippen LogP contribution in [0.2, 0.25) is 0 Å². The second-order valence-corrected chi connectivity index (χ2v) is 7.96. The number of likely N-dealkylation sites (tertiary alicyclic amines) is 1. The smallest absolute Gasteiger partial charge is 0.275 e. The first-order valence-electron chi connectivity index (χ1n) is 10.1. The summed E-state index contributed by atoms with van der Waals surface area (Å²) in [5.41, 5.74) is 1.64. The summed E-state index contributed by atoms with van der Waals surface area (Å²) in [6.07, 6.45) is 8.08. The van der Waals surface area contributed by atoms with Crippen molar-refractivity contribution >= 4 is 16.8 Å². The lowest BCUT2D eigenvalue weighted by atomic mass is 10.1. The van der Waals surface area contributed by atoms with E-state index in [0.29, 0.717) is 24.7 Å². The quantitative estimate of drug-likeness (QED) is 0.671. The van der Waals surface area contributed by atoms with E-state index in [1.807, 2.05) is 4.90 Å². The average Bonchev–Trinajstić information content (AvgIpc) is 3.27. The molecule has 3 heterocycles. The van der Waals surface area contributed by atoms with Gasteiger partial charge in [-0.3, -0.25) is 4.79 Å². The minimum absolute atomic E-state index is 0.0606. The van der Waals surface area contributed by atoms with Gasteiger partial charge in [-0.1, -0.05) is 6.07 Å². The Morgan fingerprint density at radius 1 is 1.21 bits per heavy atom. The van der Waals surface area contributed by atoms with Crippen LogP contribution in [0.5, 0.6) is 5.75 Å². The maximum Gasteiger partial charge on any atom is 0.275 e. The van der Waals surface area contributed by atoms with Crippen LogP contribution >= 0.6 is 0 Å². The zero-order valence-corrected chi connectivity index (χ0v) is 16.1. The lowest BCUT2D eigenvalue weighted by Crippen LogP contribution is -2.41. The van der Waals surface area contributed by atoms with Crippen molar-refractivity contribution in [3.8, 4) is 5.75 Å². The van der Waals surface area contributed by atoms with Crippen LogP contribution in [0.25, 0.3) is 10.9 Å². The number of amides is 1. The van der Waals surface area contributed by atoms with Gasteiger partial charge in [0.1, 0.15) is 18.1 Å². The highest BCUT2D eigenvalue weighted by molar-refractivity contribution is 5.92. The summed E-state index contributed by atoms with van der Waals surface area (Å²) in [6.45, 7) is 4.20. The molecule has 0 unspecified atom stereocenters. The number of aromatic nitrogens is 2. The molecule has 3 aromatic rings. The average molecular weight is 379 g/mol. The lowest BCUT2D eigenvalue weighted by molar-refractivity contribution is 0.0592. The number of ether oxygens (including phenoxy) is 1. The van der Waals surface area contributed by atoms with E-state index in [-0.39, 0.29) is 12.0 Å². The van der Waals surface area contributed by atoms with Crippen molar-refractivity contribution in [2.24, 2.45) is 5.92 Å². The number of hydrogen-bond donors (Lipinski definition) is 0. The molecule has 1 aliphatic heterocycles. The number of hydrogen-bond acceptors (Lipinski definition) is 4. The van der Waals surface area contributed by atoms with E-state index in [2.05, 4.69) is 40.0 Å². The predicted octanol–water partition coefficient (Wildman–Crippen LogP) is 4.03. The molecular formula is C22H25N3O3. The molecule has 146 valence electrons. The van der Waals surface area contributed by atoms with Gasteiger partial charge in [0, 0.05) is 51.0 Å². The lowest BCUT2D eigenvalue weighted by Gasteiger charge is -2.31. The van der Waals surface area contributed by atoms with E-state index < -0.39 is 0 Å². The number of rotatable bonds is 5. The third-order valence-corrected chi connectivity index (χ3v) is 5.79. The highest BCUT2D eigenvalue weighted by Gasteiger charge is 2.27. The number of nitrogens with zero attached hydrogens (tertiary/aromatic N) is 3. The standard InChI is InChI=1S/C22H25N3O3/c1-15-23-19(14-27-15)22(26)24-10-7-17(8-11-24)28-21-4-2-3-20-18(21)9-12-25(20)13-16-5-6-16/h2-4,9,12,14,16-17H,5-8,10-11,13H2,1H3. The van der Waals surface area contributed by atoms with Gasteiger partial charge in [-0.2, -0.15) is 0 Å². The summed E-state index contributed by atoms with van der Waals surface area (Å²) in [7, 11) is 0. The SMILES string of the molecule is Cc1nc(C(=O)N2CCC(Oc3cccc4c3ccn4CC3CC3)CC2)co1. The summed E-state index contributed by atoms with van der Waals surface area (Å²) in [4.78, 5) is 18.5. The van der Waals surface area contributed by atoms with Gasteiger partial charge in [-0.05, 0) is 37.0 Å². The van der Waals surface area contributed by atoms with E-state index in [1.54, 1.807) is 6.92 Å². The Bertz CT molecular complexity index is 994. The van der Waals surface area contributed by atoms with Crippen LogP contribution < -0.4 is 4.74 Å². The Balaban J connectivity index is 1.24. The molecule has 2 fully saturated rings. The zero-order chi connectivity index (χ0) is 19.1. The van der Waals surface area contributed by atoms with Gasteiger partial charge in [-0.25, -0.2) is 4.98 Å². The van der Waals surface area contributed by atoms with Crippen molar-refractivity contribution in [3.63, 3.8) is 0 Å². The molecule has 1 aromatic carbocycles. The van der Waals surface area contributed by atoms with E-state index in [9.17, 15) is 4.79 Å². The van der Waals surface area contributed by atoms with Gasteiger partial charge in [0.15, 0.2) is 11.6 Å². The van der Waals surface area contributed by atoms with Crippen LogP contribution in [0.3, 0.4) is 0 Å². The number of benzene rings is 1. The van der Waals surface area contributed by atoms with Crippen LogP contribution in [-0.2, 0) is 6.54 Å². The van der Waals surface area contributed by atoms with Crippen molar-refractivity contribution in [2.75, 3.05) is 13.1 Å². The summed E-state index contributed by atoms with van der Waals surface area (Å²) in [5.74, 6) is 2.25. The highest BCUT2D eigenvalue weighted by atomic mass is 16.5. The van der Waals surface area contributed by atoms with Crippen molar-refractivity contribution < 1.29 is 13.9 Å². The summed E-state index contributed by atoms with van der Waals surface area (Å²) >= 11 is 0. The molecule has 5 rings (SSSR count). The number of carbonyl (C=O) groups is 1. The summed E-state index contributed by atoms with van der Waals surface area (Å²) < 4.78 is 13.9. The molecule has 0 atom stereocenters. The van der Waals surface area contributed by atoms with E-state index in [1.165, 1.54) is 30.0 Å². The van der Waals surface area contributed by atoms with E-state index >= 15 is 0 Å². The minimum atomic E-state index is -0.0606. The molecule has 1 saturated carbocycles. The Hall–Kier alpha value is -2.76. The van der Waals surface area contributed by atoms with Gasteiger partial charge in [0.05, 0.1) is 5.52 Å². The molecular weight excluding hydrogens is 354 g/mol. The number of fused-ring (bicyclic) bond motifs is 1. The number of piperidine rings is 1. The van der Waals surface area contributed by atoms with Crippen LogP contribution in [0.4, 0.5) is 0 Å². The number of aryl methyl sites for hydroxylation is 1. The fraction of sp³-hybridized carbons (Fsp3) is 0.455. The third kappa shape index (κ3) is 3.39. The van der Waals surface area contributed by atoms with Crippen LogP contribution in [0.15, 0.2) is 41.1 Å². The Kier molecular flexibility index (Phi) is 4.34. The first kappa shape index (κ1) is 17.3. The molecule has 1 aliphatic carbocycles. The zero-order valence-electron chi connectivity index (χ0n) is 16.1. The highest BCUT2D eigenvalue weighted by Crippen LogP contribution is 2.34. The maximum absolute atomic E-state index is 12.5. The largest absolute Gasteiger partial charge is 0.490 e. The molecule has 1 saturated heterocycles. The minimum Gasteiger partial charge on any atom is -0.490 e. The molecule has 2 aromatic heterocycles. The van der Waals surface area contributed by atoms with Crippen LogP contribution in [-0.4, -0.2) is 39.6 Å². The molecule has 6 nitrogen and oxygen atoms in total. The molecule has 0 radical (unpaired) electrons.